The van der Waals surface area contributed by atoms with Gasteiger partial charge in [-0.25, -0.2) is 13.4 Å². The van der Waals surface area contributed by atoms with Gasteiger partial charge in [-0.05, 0) is 35.4 Å². The minimum atomic E-state index is -4.29. The van der Waals surface area contributed by atoms with Crippen LogP contribution in [0.15, 0.2) is 101 Å². The van der Waals surface area contributed by atoms with Crippen LogP contribution in [0.25, 0.3) is 0 Å². The van der Waals surface area contributed by atoms with Crippen molar-refractivity contribution in [1.82, 2.24) is 9.97 Å². The zero-order chi connectivity index (χ0) is 26.0. The monoisotopic (exact) mass is 598 g/mol. The highest BCUT2D eigenvalue weighted by Crippen LogP contribution is 2.67. The molecule has 0 unspecified atom stereocenters. The highest BCUT2D eigenvalue weighted by molar-refractivity contribution is 9.10. The van der Waals surface area contributed by atoms with Crippen LogP contribution in [0.1, 0.15) is 22.7 Å². The molecule has 7 nitrogen and oxygen atoms in total. The lowest BCUT2D eigenvalue weighted by Gasteiger charge is -2.40. The van der Waals surface area contributed by atoms with Crippen molar-refractivity contribution in [2.24, 2.45) is 0 Å². The Hall–Kier alpha value is -2.82. The van der Waals surface area contributed by atoms with Gasteiger partial charge in [-0.2, -0.15) is 0 Å². The third-order valence-electron chi connectivity index (χ3n) is 7.24. The molecule has 2 aromatic carbocycles. The maximum atomic E-state index is 14.2. The van der Waals surface area contributed by atoms with Gasteiger partial charge in [0.25, 0.3) is 0 Å². The molecule has 2 aromatic heterocycles. The molecule has 6 rings (SSSR count). The van der Waals surface area contributed by atoms with E-state index in [0.29, 0.717) is 11.1 Å². The Bertz CT molecular complexity index is 1590. The average molecular weight is 600 g/mol. The number of hydrogen-bond donors (Lipinski definition) is 2. The molecule has 0 spiro atoms. The van der Waals surface area contributed by atoms with Gasteiger partial charge in [-0.1, -0.05) is 76.1 Å². The largest absolute Gasteiger partial charge is 0.476 e. The second-order valence-corrected chi connectivity index (χ2v) is 12.5. The van der Waals surface area contributed by atoms with E-state index in [9.17, 15) is 18.6 Å². The number of aliphatic hydroxyl groups is 2. The fourth-order valence-electron chi connectivity index (χ4n) is 5.77. The smallest absolute Gasteiger partial charge is 0.201 e. The Labute approximate surface area is 226 Å². The van der Waals surface area contributed by atoms with E-state index in [-0.39, 0.29) is 21.5 Å². The van der Waals surface area contributed by atoms with E-state index in [1.54, 1.807) is 66.7 Å². The summed E-state index contributed by atoms with van der Waals surface area (Å²) in [5.41, 5.74) is -2.95. The van der Waals surface area contributed by atoms with Crippen molar-refractivity contribution >= 4 is 37.4 Å². The minimum Gasteiger partial charge on any atom is -0.476 e. The topological polar surface area (TPSA) is 110 Å². The number of nitrogens with zero attached hydrogens (tertiary/aromatic N) is 2. The van der Waals surface area contributed by atoms with Gasteiger partial charge in [0, 0.05) is 22.9 Å². The second-order valence-electron chi connectivity index (χ2n) is 9.12. The molecule has 2 N–H and O–H groups in total. The van der Waals surface area contributed by atoms with Gasteiger partial charge >= 0.3 is 0 Å². The van der Waals surface area contributed by atoms with Gasteiger partial charge in [0.15, 0.2) is 16.2 Å². The van der Waals surface area contributed by atoms with E-state index in [1.165, 1.54) is 24.5 Å². The third kappa shape index (κ3) is 3.35. The highest BCUT2D eigenvalue weighted by Gasteiger charge is 2.79. The second kappa shape index (κ2) is 8.61. The van der Waals surface area contributed by atoms with Crippen molar-refractivity contribution in [1.29, 1.82) is 0 Å². The van der Waals surface area contributed by atoms with Crippen molar-refractivity contribution in [3.05, 3.63) is 118 Å². The quantitative estimate of drug-likeness (QED) is 0.359. The van der Waals surface area contributed by atoms with Gasteiger partial charge in [0.1, 0.15) is 22.8 Å². The molecule has 1 aliphatic carbocycles. The lowest BCUT2D eigenvalue weighted by Crippen LogP contribution is -2.52. The molecule has 0 radical (unpaired) electrons. The predicted octanol–water partition coefficient (Wildman–Crippen LogP) is 4.37. The summed E-state index contributed by atoms with van der Waals surface area (Å²) < 4.78 is 35.7. The average Bonchev–Trinajstić information content (AvgIpc) is 3.28. The van der Waals surface area contributed by atoms with Crippen LogP contribution < -0.4 is 4.74 Å². The molecule has 5 atom stereocenters. The van der Waals surface area contributed by atoms with Gasteiger partial charge in [-0.3, -0.25) is 4.98 Å². The van der Waals surface area contributed by atoms with E-state index in [2.05, 4.69) is 25.9 Å². The Morgan fingerprint density at radius 1 is 0.973 bits per heavy atom. The van der Waals surface area contributed by atoms with Crippen LogP contribution >= 0.6 is 27.5 Å². The molecule has 0 amide bonds. The van der Waals surface area contributed by atoms with E-state index in [0.717, 1.165) is 4.47 Å². The molecule has 2 aliphatic rings. The fourth-order valence-corrected chi connectivity index (χ4v) is 8.18. The van der Waals surface area contributed by atoms with Crippen molar-refractivity contribution in [3.8, 4) is 5.75 Å². The zero-order valence-corrected chi connectivity index (χ0v) is 22.2. The Morgan fingerprint density at radius 3 is 2.35 bits per heavy atom. The van der Waals surface area contributed by atoms with Gasteiger partial charge < -0.3 is 14.9 Å². The first-order valence-electron chi connectivity index (χ1n) is 11.4. The van der Waals surface area contributed by atoms with Gasteiger partial charge in [0.05, 0.1) is 10.9 Å². The normalized spacial score (nSPS) is 28.4. The lowest BCUT2D eigenvalue weighted by molar-refractivity contribution is -0.150. The summed E-state index contributed by atoms with van der Waals surface area (Å²) in [6.07, 6.45) is 0.883. The Kier molecular flexibility index (Phi) is 5.70. The molecule has 188 valence electrons. The van der Waals surface area contributed by atoms with Crippen LogP contribution in [0, 0.1) is 0 Å². The van der Waals surface area contributed by atoms with Crippen LogP contribution in [0.3, 0.4) is 0 Å². The number of rotatable bonds is 4. The number of ether oxygens (including phenoxy) is 1. The van der Waals surface area contributed by atoms with Crippen molar-refractivity contribution in [2.75, 3.05) is 0 Å². The Balaban J connectivity index is 1.71. The van der Waals surface area contributed by atoms with Crippen molar-refractivity contribution < 1.29 is 23.4 Å². The molecule has 0 saturated heterocycles. The van der Waals surface area contributed by atoms with Crippen LogP contribution in [0.5, 0.6) is 5.75 Å². The van der Waals surface area contributed by atoms with Crippen LogP contribution in [0.2, 0.25) is 5.02 Å². The third-order valence-corrected chi connectivity index (χ3v) is 10.0. The van der Waals surface area contributed by atoms with E-state index >= 15 is 0 Å². The van der Waals surface area contributed by atoms with Crippen LogP contribution in [-0.2, 0) is 21.0 Å². The molecule has 1 aliphatic heterocycles. The summed E-state index contributed by atoms with van der Waals surface area (Å²) in [7, 11) is -4.29. The van der Waals surface area contributed by atoms with Crippen molar-refractivity contribution in [2.45, 2.75) is 33.5 Å². The van der Waals surface area contributed by atoms with Crippen LogP contribution in [-0.4, -0.2) is 40.0 Å². The minimum absolute atomic E-state index is 0.0203. The predicted molar refractivity (Wildman–Crippen MR) is 140 cm³/mol. The molecule has 10 heteroatoms. The standard InChI is InChI=1S/C27H20BrClN2O5S/c28-18-11-9-17(10-12-18)27-22(16-6-2-1-3-7-16)23(37(34,35)21-8-4-5-13-30-21)25(32)26(27,33)24-20(36-27)14-19(29)15-31-24/h1-15,22-23,25,32-33H/t22-,23-,25-,26+,27+/m1/s1. The number of pyridine rings is 2. The number of sulfone groups is 1. The Morgan fingerprint density at radius 2 is 1.68 bits per heavy atom. The summed E-state index contributed by atoms with van der Waals surface area (Å²) in [5.74, 6) is -0.888. The summed E-state index contributed by atoms with van der Waals surface area (Å²) in [6, 6.07) is 22.0. The number of aliphatic hydroxyl groups excluding tert-OH is 1. The molecule has 4 aromatic rings. The van der Waals surface area contributed by atoms with E-state index in [1.807, 2.05) is 0 Å². The maximum Gasteiger partial charge on any atom is 0.201 e. The molecular weight excluding hydrogens is 580 g/mol. The summed E-state index contributed by atoms with van der Waals surface area (Å²) in [5, 5.41) is 23.0. The summed E-state index contributed by atoms with van der Waals surface area (Å²) in [4.78, 5) is 8.42. The summed E-state index contributed by atoms with van der Waals surface area (Å²) in [6.45, 7) is 0. The number of hydrogen-bond acceptors (Lipinski definition) is 7. The van der Waals surface area contributed by atoms with Gasteiger partial charge in [-0.15, -0.1) is 0 Å². The SMILES string of the molecule is O=S(=O)(c1ccccn1)[C@H]1[C@@H](O)[C@@]2(O)c3ncc(Cl)cc3O[C@@]2(c2ccc(Br)cc2)[C@@H]1c1ccccc1. The van der Waals surface area contributed by atoms with E-state index in [4.69, 9.17) is 16.3 Å². The fraction of sp³-hybridized carbons (Fsp3) is 0.185. The molecule has 3 heterocycles. The van der Waals surface area contributed by atoms with Crippen molar-refractivity contribution in [3.63, 3.8) is 0 Å². The first kappa shape index (κ1) is 24.5. The molecule has 0 bridgehead atoms. The first-order chi connectivity index (χ1) is 17.7. The molecule has 37 heavy (non-hydrogen) atoms. The van der Waals surface area contributed by atoms with Gasteiger partial charge in [0.2, 0.25) is 9.84 Å². The molecule has 1 saturated carbocycles. The first-order valence-corrected chi connectivity index (χ1v) is 14.1. The summed E-state index contributed by atoms with van der Waals surface area (Å²) >= 11 is 9.65. The number of benzene rings is 2. The van der Waals surface area contributed by atoms with E-state index < -0.39 is 38.3 Å². The zero-order valence-electron chi connectivity index (χ0n) is 19.1. The lowest BCUT2D eigenvalue weighted by atomic mass is 9.72. The van der Waals surface area contributed by atoms with Crippen LogP contribution in [0.4, 0.5) is 0 Å². The molecule has 1 fully saturated rings. The number of aromatic nitrogens is 2. The number of fused-ring (bicyclic) bond motifs is 3. The number of halogens is 2. The highest BCUT2D eigenvalue weighted by atomic mass is 79.9. The molecular formula is C27H20BrClN2O5S. The maximum absolute atomic E-state index is 14.2.